The molecule has 0 unspecified atom stereocenters. The van der Waals surface area contributed by atoms with Crippen LogP contribution in [0.3, 0.4) is 0 Å². The van der Waals surface area contributed by atoms with Crippen LogP contribution in [0.2, 0.25) is 0 Å². The third-order valence-corrected chi connectivity index (χ3v) is 5.40. The standard InChI is InChI=1S/C22H23NO5/c1-26-15-6-7-16(20(12-15)27-2)17-11-14-5-8-19(24)18(21(14)28-22(17)25)13-23-9-3-4-10-23/h5-8,11-12,24H,3-4,9-10,13H2,1-2H3. The summed E-state index contributed by atoms with van der Waals surface area (Å²) in [5, 5.41) is 13.2. The predicted molar refractivity (Wildman–Crippen MR) is 104 cm³/mol. The van der Waals surface area contributed by atoms with Gasteiger partial charge in [-0.1, -0.05) is 17.9 Å². The largest absolute Gasteiger partial charge is 0.872 e. The minimum Gasteiger partial charge on any atom is -0.872 e. The Hall–Kier alpha value is -2.99. The minimum atomic E-state index is -0.487. The summed E-state index contributed by atoms with van der Waals surface area (Å²) in [6, 6.07) is 10.3. The molecular weight excluding hydrogens is 358 g/mol. The monoisotopic (exact) mass is 381 g/mol. The average molecular weight is 381 g/mol. The van der Waals surface area contributed by atoms with E-state index in [1.54, 1.807) is 50.6 Å². The molecule has 28 heavy (non-hydrogen) atoms. The molecule has 6 heteroatoms. The van der Waals surface area contributed by atoms with Crippen molar-refractivity contribution in [1.29, 1.82) is 0 Å². The number of quaternary nitrogens is 1. The van der Waals surface area contributed by atoms with Crippen LogP contribution < -0.4 is 25.1 Å². The molecular formula is C22H23NO5. The van der Waals surface area contributed by atoms with E-state index in [0.29, 0.717) is 40.3 Å². The minimum absolute atomic E-state index is 0.0789. The van der Waals surface area contributed by atoms with Gasteiger partial charge >= 0.3 is 5.63 Å². The molecule has 2 aromatic carbocycles. The van der Waals surface area contributed by atoms with E-state index in [1.807, 2.05) is 0 Å². The highest BCUT2D eigenvalue weighted by Crippen LogP contribution is 2.34. The van der Waals surface area contributed by atoms with E-state index < -0.39 is 5.63 Å². The van der Waals surface area contributed by atoms with E-state index in [2.05, 4.69) is 0 Å². The maximum atomic E-state index is 12.8. The van der Waals surface area contributed by atoms with Gasteiger partial charge in [-0.05, 0) is 18.2 Å². The zero-order valence-corrected chi connectivity index (χ0v) is 16.0. The SMILES string of the molecule is COc1ccc(-c2cc3ccc([O-])c(C[NH+]4CCCC4)c3oc2=O)c(OC)c1. The Balaban J connectivity index is 1.83. The van der Waals surface area contributed by atoms with Crippen LogP contribution in [-0.2, 0) is 6.54 Å². The summed E-state index contributed by atoms with van der Waals surface area (Å²) in [6.45, 7) is 2.67. The van der Waals surface area contributed by atoms with Crippen molar-refractivity contribution in [3.05, 3.63) is 52.4 Å². The molecule has 1 N–H and O–H groups in total. The zero-order valence-electron chi connectivity index (χ0n) is 16.0. The molecule has 6 nitrogen and oxygen atoms in total. The van der Waals surface area contributed by atoms with Crippen molar-refractivity contribution in [2.24, 2.45) is 0 Å². The van der Waals surface area contributed by atoms with Crippen molar-refractivity contribution in [3.63, 3.8) is 0 Å². The Morgan fingerprint density at radius 3 is 2.54 bits per heavy atom. The maximum absolute atomic E-state index is 12.8. The normalized spacial score (nSPS) is 14.5. The van der Waals surface area contributed by atoms with E-state index in [0.717, 1.165) is 18.5 Å². The Morgan fingerprint density at radius 2 is 1.82 bits per heavy atom. The molecule has 1 aliphatic heterocycles. The first-order valence-electron chi connectivity index (χ1n) is 9.43. The Labute approximate surface area is 162 Å². The van der Waals surface area contributed by atoms with Gasteiger partial charge in [0.15, 0.2) is 0 Å². The van der Waals surface area contributed by atoms with Crippen LogP contribution >= 0.6 is 0 Å². The summed E-state index contributed by atoms with van der Waals surface area (Å²) in [4.78, 5) is 14.1. The lowest BCUT2D eigenvalue weighted by molar-refractivity contribution is -0.901. The second-order valence-corrected chi connectivity index (χ2v) is 7.11. The molecule has 1 saturated heterocycles. The number of nitrogens with one attached hydrogen (secondary N) is 1. The average Bonchev–Trinajstić information content (AvgIpc) is 3.23. The molecule has 2 heterocycles. The van der Waals surface area contributed by atoms with Gasteiger partial charge in [-0.3, -0.25) is 0 Å². The van der Waals surface area contributed by atoms with Crippen LogP contribution in [0, 0.1) is 0 Å². The van der Waals surface area contributed by atoms with Crippen molar-refractivity contribution >= 4 is 11.0 Å². The quantitative estimate of drug-likeness (QED) is 0.681. The molecule has 0 bridgehead atoms. The number of fused-ring (bicyclic) bond motifs is 1. The van der Waals surface area contributed by atoms with Gasteiger partial charge in [0, 0.05) is 35.4 Å². The summed E-state index contributed by atoms with van der Waals surface area (Å²) in [6.07, 6.45) is 2.33. The van der Waals surface area contributed by atoms with Gasteiger partial charge in [-0.25, -0.2) is 4.79 Å². The van der Waals surface area contributed by atoms with Crippen molar-refractivity contribution in [1.82, 2.24) is 0 Å². The first-order valence-corrected chi connectivity index (χ1v) is 9.43. The van der Waals surface area contributed by atoms with Gasteiger partial charge in [-0.15, -0.1) is 0 Å². The van der Waals surface area contributed by atoms with Crippen LogP contribution in [0.15, 0.2) is 45.6 Å². The molecule has 0 spiro atoms. The van der Waals surface area contributed by atoms with Gasteiger partial charge in [0.2, 0.25) is 0 Å². The van der Waals surface area contributed by atoms with E-state index in [4.69, 9.17) is 13.9 Å². The van der Waals surface area contributed by atoms with Crippen molar-refractivity contribution in [3.8, 4) is 28.4 Å². The lowest BCUT2D eigenvalue weighted by atomic mass is 10.0. The molecule has 0 aliphatic carbocycles. The highest BCUT2D eigenvalue weighted by atomic mass is 16.5. The summed E-state index contributed by atoms with van der Waals surface area (Å²) >= 11 is 0. The van der Waals surface area contributed by atoms with Gasteiger partial charge in [0.1, 0.15) is 23.6 Å². The highest BCUT2D eigenvalue weighted by Gasteiger charge is 2.20. The van der Waals surface area contributed by atoms with Gasteiger partial charge in [-0.2, -0.15) is 0 Å². The topological polar surface area (TPSA) is 76.2 Å². The maximum Gasteiger partial charge on any atom is 0.344 e. The number of likely N-dealkylation sites (tertiary alicyclic amines) is 1. The number of ether oxygens (including phenoxy) is 2. The third-order valence-electron chi connectivity index (χ3n) is 5.40. The van der Waals surface area contributed by atoms with Crippen molar-refractivity contribution in [2.45, 2.75) is 19.4 Å². The molecule has 1 fully saturated rings. The summed E-state index contributed by atoms with van der Waals surface area (Å²) < 4.78 is 16.3. The molecule has 3 aromatic rings. The Bertz CT molecular complexity index is 1070. The molecule has 0 amide bonds. The molecule has 1 aliphatic rings. The van der Waals surface area contributed by atoms with E-state index >= 15 is 0 Å². The second kappa shape index (κ2) is 7.56. The first-order chi connectivity index (χ1) is 13.6. The molecule has 0 radical (unpaired) electrons. The number of hydrogen-bond acceptors (Lipinski definition) is 5. The highest BCUT2D eigenvalue weighted by molar-refractivity contribution is 5.86. The molecule has 0 saturated carbocycles. The van der Waals surface area contributed by atoms with Crippen molar-refractivity contribution in [2.75, 3.05) is 27.3 Å². The summed E-state index contributed by atoms with van der Waals surface area (Å²) in [5.74, 6) is 1.08. The number of rotatable bonds is 5. The van der Waals surface area contributed by atoms with Gasteiger partial charge in [0.05, 0.1) is 32.9 Å². The fraction of sp³-hybridized carbons (Fsp3) is 0.318. The van der Waals surface area contributed by atoms with Gasteiger partial charge in [0.25, 0.3) is 0 Å². The smallest absolute Gasteiger partial charge is 0.344 e. The zero-order chi connectivity index (χ0) is 19.7. The summed E-state index contributed by atoms with van der Waals surface area (Å²) in [5.41, 5.74) is 1.51. The van der Waals surface area contributed by atoms with E-state index in [9.17, 15) is 9.90 Å². The molecule has 1 aromatic heterocycles. The first kappa shape index (κ1) is 18.4. The lowest BCUT2D eigenvalue weighted by Gasteiger charge is -2.19. The fourth-order valence-corrected chi connectivity index (χ4v) is 3.90. The number of benzene rings is 2. The fourth-order valence-electron chi connectivity index (χ4n) is 3.90. The Kier molecular flexibility index (Phi) is 4.96. The molecule has 4 rings (SSSR count). The third kappa shape index (κ3) is 3.31. The summed E-state index contributed by atoms with van der Waals surface area (Å²) in [7, 11) is 3.12. The van der Waals surface area contributed by atoms with E-state index in [1.165, 1.54) is 17.7 Å². The molecule has 146 valence electrons. The van der Waals surface area contributed by atoms with Crippen LogP contribution in [0.25, 0.3) is 22.1 Å². The second-order valence-electron chi connectivity index (χ2n) is 7.11. The predicted octanol–water partition coefficient (Wildman–Crippen LogP) is 1.73. The Morgan fingerprint density at radius 1 is 1.04 bits per heavy atom. The van der Waals surface area contributed by atoms with Crippen LogP contribution in [0.5, 0.6) is 17.2 Å². The molecule has 0 atom stereocenters. The van der Waals surface area contributed by atoms with Crippen LogP contribution in [0.4, 0.5) is 0 Å². The lowest BCUT2D eigenvalue weighted by Crippen LogP contribution is -3.08. The van der Waals surface area contributed by atoms with Crippen LogP contribution in [-0.4, -0.2) is 27.3 Å². The van der Waals surface area contributed by atoms with Gasteiger partial charge < -0.3 is 23.9 Å². The van der Waals surface area contributed by atoms with Crippen molar-refractivity contribution < 1.29 is 23.9 Å². The number of methoxy groups -OCH3 is 2. The number of hydrogen-bond donors (Lipinski definition) is 1. The van der Waals surface area contributed by atoms with E-state index in [-0.39, 0.29) is 5.75 Å². The van der Waals surface area contributed by atoms with Crippen LogP contribution in [0.1, 0.15) is 18.4 Å².